The summed E-state index contributed by atoms with van der Waals surface area (Å²) < 4.78 is 5.36. The highest BCUT2D eigenvalue weighted by molar-refractivity contribution is 7.08. The van der Waals surface area contributed by atoms with E-state index in [1.165, 1.54) is 11.3 Å². The second-order valence-electron chi connectivity index (χ2n) is 9.47. The van der Waals surface area contributed by atoms with E-state index in [4.69, 9.17) is 4.74 Å². The minimum Gasteiger partial charge on any atom is -0.378 e. The standard InChI is InChI=1S/C26H33N5O4S/c32-24(30-14-16-35-17-15-30)20-5-8-28(9-6-20)23-3-1-22(2-4-23)27-26(34)31-12-10-29(11-13-31)25(33)21-7-18-36-19-21/h1-4,7,18-20H,5-6,8-17H2,(H,27,34). The molecule has 3 aliphatic rings. The summed E-state index contributed by atoms with van der Waals surface area (Å²) in [5, 5.41) is 6.74. The van der Waals surface area contributed by atoms with E-state index in [1.54, 1.807) is 9.80 Å². The second-order valence-corrected chi connectivity index (χ2v) is 10.2. The molecule has 0 unspecified atom stereocenters. The van der Waals surface area contributed by atoms with Crippen LogP contribution < -0.4 is 10.2 Å². The van der Waals surface area contributed by atoms with E-state index in [0.717, 1.165) is 37.3 Å². The SMILES string of the molecule is O=C(Nc1ccc(N2CCC(C(=O)N3CCOCC3)CC2)cc1)N1CCN(C(=O)c2ccsc2)CC1. The topological polar surface area (TPSA) is 85.4 Å². The van der Waals surface area contributed by atoms with Gasteiger partial charge in [-0.15, -0.1) is 0 Å². The van der Waals surface area contributed by atoms with Gasteiger partial charge in [0.25, 0.3) is 5.91 Å². The molecule has 36 heavy (non-hydrogen) atoms. The van der Waals surface area contributed by atoms with Crippen LogP contribution in [-0.2, 0) is 9.53 Å². The van der Waals surface area contributed by atoms with Crippen LogP contribution in [0.15, 0.2) is 41.1 Å². The second kappa shape index (κ2) is 11.3. The molecular formula is C26H33N5O4S. The highest BCUT2D eigenvalue weighted by Crippen LogP contribution is 2.26. The van der Waals surface area contributed by atoms with Crippen LogP contribution in [0.1, 0.15) is 23.2 Å². The average Bonchev–Trinajstić information content (AvgIpc) is 3.49. The normalized spacial score (nSPS) is 19.3. The maximum Gasteiger partial charge on any atom is 0.321 e. The molecule has 1 N–H and O–H groups in total. The zero-order chi connectivity index (χ0) is 24.9. The predicted octanol–water partition coefficient (Wildman–Crippen LogP) is 2.81. The molecule has 192 valence electrons. The number of ether oxygens (including phenoxy) is 1. The van der Waals surface area contributed by atoms with Crippen molar-refractivity contribution in [1.82, 2.24) is 14.7 Å². The van der Waals surface area contributed by atoms with Crippen molar-refractivity contribution in [3.63, 3.8) is 0 Å². The molecule has 0 atom stereocenters. The minimum atomic E-state index is -0.146. The molecule has 0 aliphatic carbocycles. The van der Waals surface area contributed by atoms with Crippen molar-refractivity contribution in [2.75, 3.05) is 75.8 Å². The lowest BCUT2D eigenvalue weighted by atomic mass is 9.94. The number of amides is 4. The Morgan fingerprint density at radius 2 is 1.47 bits per heavy atom. The van der Waals surface area contributed by atoms with Crippen molar-refractivity contribution in [2.24, 2.45) is 5.92 Å². The molecule has 9 nitrogen and oxygen atoms in total. The molecule has 0 bridgehead atoms. The van der Waals surface area contributed by atoms with Crippen LogP contribution in [-0.4, -0.2) is 98.1 Å². The summed E-state index contributed by atoms with van der Waals surface area (Å²) in [7, 11) is 0. The fourth-order valence-electron chi connectivity index (χ4n) is 5.07. The van der Waals surface area contributed by atoms with E-state index in [1.807, 2.05) is 46.0 Å². The van der Waals surface area contributed by atoms with Crippen molar-refractivity contribution in [1.29, 1.82) is 0 Å². The predicted molar refractivity (Wildman–Crippen MR) is 140 cm³/mol. The Morgan fingerprint density at radius 3 is 2.11 bits per heavy atom. The van der Waals surface area contributed by atoms with Crippen LogP contribution in [0.2, 0.25) is 0 Å². The maximum atomic E-state index is 12.8. The van der Waals surface area contributed by atoms with Crippen LogP contribution in [0.5, 0.6) is 0 Å². The van der Waals surface area contributed by atoms with Crippen molar-refractivity contribution in [2.45, 2.75) is 12.8 Å². The summed E-state index contributed by atoms with van der Waals surface area (Å²) in [5.74, 6) is 0.396. The molecule has 2 aromatic rings. The quantitative estimate of drug-likeness (QED) is 0.683. The lowest BCUT2D eigenvalue weighted by Crippen LogP contribution is -2.51. The molecule has 4 heterocycles. The van der Waals surface area contributed by atoms with Gasteiger partial charge in [0.05, 0.1) is 18.8 Å². The smallest absolute Gasteiger partial charge is 0.321 e. The Kier molecular flexibility index (Phi) is 7.72. The van der Waals surface area contributed by atoms with Gasteiger partial charge >= 0.3 is 6.03 Å². The molecule has 5 rings (SSSR count). The van der Waals surface area contributed by atoms with Gasteiger partial charge < -0.3 is 29.7 Å². The Hall–Kier alpha value is -3.11. The number of rotatable bonds is 4. The van der Waals surface area contributed by atoms with E-state index >= 15 is 0 Å². The van der Waals surface area contributed by atoms with Gasteiger partial charge in [-0.1, -0.05) is 0 Å². The van der Waals surface area contributed by atoms with Gasteiger partial charge in [0.1, 0.15) is 0 Å². The summed E-state index contributed by atoms with van der Waals surface area (Å²) in [6.45, 7) is 6.47. The molecule has 0 spiro atoms. The number of piperidine rings is 1. The zero-order valence-corrected chi connectivity index (χ0v) is 21.3. The van der Waals surface area contributed by atoms with Crippen LogP contribution in [0.3, 0.4) is 0 Å². The van der Waals surface area contributed by atoms with Crippen LogP contribution >= 0.6 is 11.3 Å². The van der Waals surface area contributed by atoms with E-state index in [0.29, 0.717) is 58.0 Å². The molecule has 10 heteroatoms. The van der Waals surface area contributed by atoms with Crippen molar-refractivity contribution in [3.8, 4) is 0 Å². The number of morpholine rings is 1. The van der Waals surface area contributed by atoms with Crippen molar-refractivity contribution in [3.05, 3.63) is 46.7 Å². The number of hydrogen-bond donors (Lipinski definition) is 1. The molecule has 1 aromatic carbocycles. The summed E-state index contributed by atoms with van der Waals surface area (Å²) in [4.78, 5) is 45.8. The highest BCUT2D eigenvalue weighted by atomic mass is 32.1. The Labute approximate surface area is 215 Å². The summed E-state index contributed by atoms with van der Waals surface area (Å²) in [5.41, 5.74) is 2.56. The number of carbonyl (C=O) groups is 3. The number of thiophene rings is 1. The Morgan fingerprint density at radius 1 is 0.806 bits per heavy atom. The summed E-state index contributed by atoms with van der Waals surface area (Å²) in [6.07, 6.45) is 1.71. The van der Waals surface area contributed by atoms with E-state index in [-0.39, 0.29) is 23.8 Å². The van der Waals surface area contributed by atoms with Gasteiger partial charge in [-0.2, -0.15) is 11.3 Å². The number of urea groups is 1. The number of benzene rings is 1. The first-order valence-electron chi connectivity index (χ1n) is 12.7. The molecule has 3 fully saturated rings. The molecule has 3 aliphatic heterocycles. The molecule has 4 amide bonds. The molecule has 0 saturated carbocycles. The Balaban J connectivity index is 1.07. The zero-order valence-electron chi connectivity index (χ0n) is 20.4. The summed E-state index contributed by atoms with van der Waals surface area (Å²) in [6, 6.07) is 9.59. The van der Waals surface area contributed by atoms with E-state index in [9.17, 15) is 14.4 Å². The van der Waals surface area contributed by atoms with E-state index < -0.39 is 0 Å². The maximum absolute atomic E-state index is 12.8. The van der Waals surface area contributed by atoms with Gasteiger partial charge in [0.15, 0.2) is 0 Å². The summed E-state index contributed by atoms with van der Waals surface area (Å²) >= 11 is 1.51. The first kappa shape index (κ1) is 24.6. The number of carbonyl (C=O) groups excluding carboxylic acids is 3. The van der Waals surface area contributed by atoms with Crippen LogP contribution in [0.4, 0.5) is 16.2 Å². The third-order valence-corrected chi connectivity index (χ3v) is 7.96. The monoisotopic (exact) mass is 511 g/mol. The fourth-order valence-corrected chi connectivity index (χ4v) is 5.70. The number of piperazine rings is 1. The lowest BCUT2D eigenvalue weighted by Gasteiger charge is -2.36. The van der Waals surface area contributed by atoms with Gasteiger partial charge in [0.2, 0.25) is 5.91 Å². The molecule has 1 aromatic heterocycles. The third kappa shape index (κ3) is 5.65. The fraction of sp³-hybridized carbons (Fsp3) is 0.500. The van der Waals surface area contributed by atoms with E-state index in [2.05, 4.69) is 10.2 Å². The van der Waals surface area contributed by atoms with Gasteiger partial charge in [-0.3, -0.25) is 9.59 Å². The van der Waals surface area contributed by atoms with Crippen molar-refractivity contribution >= 4 is 40.6 Å². The first-order chi connectivity index (χ1) is 17.6. The molecular weight excluding hydrogens is 478 g/mol. The number of nitrogens with one attached hydrogen (secondary N) is 1. The first-order valence-corrected chi connectivity index (χ1v) is 13.6. The largest absolute Gasteiger partial charge is 0.378 e. The lowest BCUT2D eigenvalue weighted by molar-refractivity contribution is -0.140. The number of hydrogen-bond acceptors (Lipinski definition) is 6. The Bertz CT molecular complexity index is 1040. The van der Waals surface area contributed by atoms with Crippen LogP contribution in [0.25, 0.3) is 0 Å². The van der Waals surface area contributed by atoms with Crippen molar-refractivity contribution < 1.29 is 19.1 Å². The van der Waals surface area contributed by atoms with Crippen LogP contribution in [0, 0.1) is 5.92 Å². The van der Waals surface area contributed by atoms with Gasteiger partial charge in [0, 0.05) is 75.0 Å². The average molecular weight is 512 g/mol. The third-order valence-electron chi connectivity index (χ3n) is 7.27. The molecule has 3 saturated heterocycles. The number of anilines is 2. The highest BCUT2D eigenvalue weighted by Gasteiger charge is 2.30. The molecule has 0 radical (unpaired) electrons. The van der Waals surface area contributed by atoms with Gasteiger partial charge in [-0.25, -0.2) is 4.79 Å². The van der Waals surface area contributed by atoms with Gasteiger partial charge in [-0.05, 0) is 48.6 Å². The number of nitrogens with zero attached hydrogens (tertiary/aromatic N) is 4. The minimum absolute atomic E-state index is 0.0291.